The fourth-order valence-corrected chi connectivity index (χ4v) is 2.72. The normalized spacial score (nSPS) is 32.2. The van der Waals surface area contributed by atoms with Gasteiger partial charge in [-0.05, 0) is 25.7 Å². The van der Waals surface area contributed by atoms with Crippen LogP contribution in [0.3, 0.4) is 0 Å². The second-order valence-electron chi connectivity index (χ2n) is 5.45. The number of primary amides is 1. The fraction of sp³-hybridized carbons (Fsp3) is 0.833. The topological polar surface area (TPSA) is 84.2 Å². The van der Waals surface area contributed by atoms with E-state index in [9.17, 15) is 18.4 Å². The lowest BCUT2D eigenvalue weighted by molar-refractivity contribution is -0.124. The number of carbonyl (C=O) groups is 2. The largest absolute Gasteiger partial charge is 0.369 e. The van der Waals surface area contributed by atoms with E-state index in [0.29, 0.717) is 25.7 Å². The number of nitrogens with one attached hydrogen (secondary N) is 2. The lowest BCUT2D eigenvalue weighted by Crippen LogP contribution is -2.46. The molecular weight excluding hydrogens is 292 g/mol. The van der Waals surface area contributed by atoms with Crippen LogP contribution in [0.1, 0.15) is 32.1 Å². The van der Waals surface area contributed by atoms with Crippen LogP contribution in [0.4, 0.5) is 8.78 Å². The first-order valence-corrected chi connectivity index (χ1v) is 6.58. The summed E-state index contributed by atoms with van der Waals surface area (Å²) in [6.45, 7) is -0.445. The summed E-state index contributed by atoms with van der Waals surface area (Å²) in [5.74, 6) is -3.60. The number of halogens is 3. The number of rotatable bonds is 3. The van der Waals surface area contributed by atoms with Gasteiger partial charge in [-0.1, -0.05) is 0 Å². The van der Waals surface area contributed by atoms with Gasteiger partial charge in [-0.3, -0.25) is 14.9 Å². The van der Waals surface area contributed by atoms with E-state index in [-0.39, 0.29) is 36.2 Å². The summed E-state index contributed by atoms with van der Waals surface area (Å²) >= 11 is 0. The van der Waals surface area contributed by atoms with Gasteiger partial charge in [-0.2, -0.15) is 0 Å². The van der Waals surface area contributed by atoms with Gasteiger partial charge < -0.3 is 11.1 Å². The Bertz CT molecular complexity index is 374. The van der Waals surface area contributed by atoms with E-state index in [2.05, 4.69) is 10.6 Å². The molecule has 1 aliphatic heterocycles. The van der Waals surface area contributed by atoms with Crippen molar-refractivity contribution < 1.29 is 18.4 Å². The molecule has 2 rings (SSSR count). The Labute approximate surface area is 122 Å². The Morgan fingerprint density at radius 3 is 2.25 bits per heavy atom. The molecule has 1 saturated heterocycles. The second-order valence-corrected chi connectivity index (χ2v) is 5.45. The van der Waals surface area contributed by atoms with Crippen molar-refractivity contribution in [3.8, 4) is 0 Å². The average molecular weight is 312 g/mol. The third-order valence-electron chi connectivity index (χ3n) is 3.90. The Morgan fingerprint density at radius 2 is 1.80 bits per heavy atom. The highest BCUT2D eigenvalue weighted by atomic mass is 35.5. The highest BCUT2D eigenvalue weighted by Crippen LogP contribution is 2.27. The molecule has 1 heterocycles. The number of carbonyl (C=O) groups excluding carboxylic acids is 2. The maximum atomic E-state index is 13.0. The quantitative estimate of drug-likeness (QED) is 0.712. The third-order valence-corrected chi connectivity index (χ3v) is 3.90. The smallest absolute Gasteiger partial charge is 0.262 e. The molecule has 0 aromatic rings. The van der Waals surface area contributed by atoms with Gasteiger partial charge in [0.05, 0.1) is 12.6 Å². The van der Waals surface area contributed by atoms with E-state index in [1.165, 1.54) is 0 Å². The van der Waals surface area contributed by atoms with Gasteiger partial charge in [-0.25, -0.2) is 8.78 Å². The van der Waals surface area contributed by atoms with E-state index in [0.717, 1.165) is 0 Å². The summed E-state index contributed by atoms with van der Waals surface area (Å²) in [4.78, 5) is 22.8. The monoisotopic (exact) mass is 311 g/mol. The SMILES string of the molecule is Cl.NC(=O)C1CCC(NC(=O)C2CC(F)(F)CN2)CC1. The molecule has 1 saturated carbocycles. The molecule has 2 fully saturated rings. The van der Waals surface area contributed by atoms with Crippen LogP contribution in [-0.4, -0.2) is 36.4 Å². The summed E-state index contributed by atoms with van der Waals surface area (Å²) in [6, 6.07) is -0.858. The van der Waals surface area contributed by atoms with Crippen LogP contribution < -0.4 is 16.4 Å². The molecule has 1 aliphatic carbocycles. The maximum absolute atomic E-state index is 13.0. The molecule has 116 valence electrons. The Balaban J connectivity index is 0.00000200. The van der Waals surface area contributed by atoms with Gasteiger partial charge in [0.15, 0.2) is 0 Å². The molecule has 0 radical (unpaired) electrons. The summed E-state index contributed by atoms with van der Waals surface area (Å²) < 4.78 is 26.0. The molecule has 2 aliphatic rings. The molecular formula is C12H20ClF2N3O2. The van der Waals surface area contributed by atoms with Crippen LogP contribution in [0.25, 0.3) is 0 Å². The van der Waals surface area contributed by atoms with Crippen molar-refractivity contribution in [1.82, 2.24) is 10.6 Å². The zero-order chi connectivity index (χ0) is 14.0. The standard InChI is InChI=1S/C12H19F2N3O2.ClH/c13-12(14)5-9(16-6-12)11(19)17-8-3-1-7(2-4-8)10(15)18;/h7-9,16H,1-6H2,(H2,15,18)(H,17,19);1H. The number of nitrogens with two attached hydrogens (primary N) is 1. The third kappa shape index (κ3) is 4.28. The molecule has 4 N–H and O–H groups in total. The molecule has 1 unspecified atom stereocenters. The van der Waals surface area contributed by atoms with E-state index in [1.807, 2.05) is 0 Å². The van der Waals surface area contributed by atoms with Crippen LogP contribution in [-0.2, 0) is 9.59 Å². The molecule has 0 bridgehead atoms. The first-order valence-electron chi connectivity index (χ1n) is 6.58. The van der Waals surface area contributed by atoms with Crippen LogP contribution >= 0.6 is 12.4 Å². The van der Waals surface area contributed by atoms with Crippen molar-refractivity contribution >= 4 is 24.2 Å². The lowest BCUT2D eigenvalue weighted by atomic mass is 9.85. The summed E-state index contributed by atoms with van der Waals surface area (Å²) in [7, 11) is 0. The van der Waals surface area contributed by atoms with E-state index in [1.54, 1.807) is 0 Å². The highest BCUT2D eigenvalue weighted by molar-refractivity contribution is 5.85. The highest BCUT2D eigenvalue weighted by Gasteiger charge is 2.42. The summed E-state index contributed by atoms with van der Waals surface area (Å²) in [5, 5.41) is 5.30. The zero-order valence-corrected chi connectivity index (χ0v) is 11.8. The first kappa shape index (κ1) is 17.1. The van der Waals surface area contributed by atoms with Gasteiger partial charge in [0, 0.05) is 18.4 Å². The molecule has 0 aromatic heterocycles. The van der Waals surface area contributed by atoms with Crippen LogP contribution in [0.15, 0.2) is 0 Å². The maximum Gasteiger partial charge on any atom is 0.262 e. The predicted molar refractivity (Wildman–Crippen MR) is 71.7 cm³/mol. The zero-order valence-electron chi connectivity index (χ0n) is 11.0. The molecule has 1 atom stereocenters. The van der Waals surface area contributed by atoms with Gasteiger partial charge in [0.2, 0.25) is 11.8 Å². The molecule has 5 nitrogen and oxygen atoms in total. The average Bonchev–Trinajstić information content (AvgIpc) is 2.70. The minimum atomic E-state index is -2.80. The minimum Gasteiger partial charge on any atom is -0.369 e. The van der Waals surface area contributed by atoms with Gasteiger partial charge >= 0.3 is 0 Å². The van der Waals surface area contributed by atoms with E-state index < -0.39 is 24.9 Å². The number of hydrogen-bond donors (Lipinski definition) is 3. The van der Waals surface area contributed by atoms with Crippen molar-refractivity contribution in [2.45, 2.75) is 50.1 Å². The van der Waals surface area contributed by atoms with E-state index >= 15 is 0 Å². The Kier molecular flexibility index (Phi) is 5.70. The lowest BCUT2D eigenvalue weighted by Gasteiger charge is -2.28. The molecule has 20 heavy (non-hydrogen) atoms. The van der Waals surface area contributed by atoms with Crippen molar-refractivity contribution in [2.24, 2.45) is 11.7 Å². The van der Waals surface area contributed by atoms with Crippen LogP contribution in [0, 0.1) is 5.92 Å². The van der Waals surface area contributed by atoms with Gasteiger partial charge in [0.1, 0.15) is 0 Å². The van der Waals surface area contributed by atoms with E-state index in [4.69, 9.17) is 5.73 Å². The fourth-order valence-electron chi connectivity index (χ4n) is 2.72. The Morgan fingerprint density at radius 1 is 1.20 bits per heavy atom. The summed E-state index contributed by atoms with van der Waals surface area (Å²) in [6.07, 6.45) is 2.18. The number of hydrogen-bond acceptors (Lipinski definition) is 3. The number of alkyl halides is 2. The molecule has 2 amide bonds. The summed E-state index contributed by atoms with van der Waals surface area (Å²) in [5.41, 5.74) is 5.22. The Hall–Kier alpha value is -0.950. The minimum absolute atomic E-state index is 0. The first-order chi connectivity index (χ1) is 8.87. The second kappa shape index (κ2) is 6.67. The molecule has 0 aromatic carbocycles. The van der Waals surface area contributed by atoms with Crippen LogP contribution in [0.2, 0.25) is 0 Å². The number of amides is 2. The predicted octanol–water partition coefficient (Wildman–Crippen LogP) is 0.566. The van der Waals surface area contributed by atoms with Gasteiger partial charge in [0.25, 0.3) is 5.92 Å². The molecule has 8 heteroatoms. The van der Waals surface area contributed by atoms with Crippen molar-refractivity contribution in [3.05, 3.63) is 0 Å². The van der Waals surface area contributed by atoms with Crippen molar-refractivity contribution in [3.63, 3.8) is 0 Å². The van der Waals surface area contributed by atoms with Crippen molar-refractivity contribution in [2.75, 3.05) is 6.54 Å². The van der Waals surface area contributed by atoms with Gasteiger partial charge in [-0.15, -0.1) is 12.4 Å². The van der Waals surface area contributed by atoms with Crippen LogP contribution in [0.5, 0.6) is 0 Å². The van der Waals surface area contributed by atoms with Crippen molar-refractivity contribution in [1.29, 1.82) is 0 Å². The molecule has 0 spiro atoms.